The summed E-state index contributed by atoms with van der Waals surface area (Å²) < 4.78 is 11.2. The highest BCUT2D eigenvalue weighted by Gasteiger charge is 2.49. The molecular weight excluding hydrogens is 382 g/mol. The normalized spacial score (nSPS) is 20.7. The Balaban J connectivity index is 1.83. The number of nitrogens with zero attached hydrogens (tertiary/aromatic N) is 1. The lowest BCUT2D eigenvalue weighted by Gasteiger charge is -2.29. The molecule has 1 aliphatic heterocycles. The maximum atomic E-state index is 13.5. The zero-order chi connectivity index (χ0) is 21.1. The van der Waals surface area contributed by atoms with E-state index in [1.165, 1.54) is 4.90 Å². The third-order valence-corrected chi connectivity index (χ3v) is 5.16. The van der Waals surface area contributed by atoms with Gasteiger partial charge in [-0.25, -0.2) is 4.79 Å². The molecule has 1 amide bonds. The fraction of sp³-hybridized carbons (Fsp3) is 0.167. The SMILES string of the molecule is COc1ccc([C@H]2OC(C(=O)O)C(c3ccccc3)N2C(=O)c2ccccc2)cc1. The zero-order valence-electron chi connectivity index (χ0n) is 16.3. The number of carbonyl (C=O) groups excluding carboxylic acids is 1. The number of benzene rings is 3. The largest absolute Gasteiger partial charge is 0.497 e. The monoisotopic (exact) mass is 403 g/mol. The first kappa shape index (κ1) is 19.7. The van der Waals surface area contributed by atoms with Crippen LogP contribution in [0.15, 0.2) is 84.9 Å². The van der Waals surface area contributed by atoms with Crippen LogP contribution in [0.3, 0.4) is 0 Å². The third-order valence-electron chi connectivity index (χ3n) is 5.16. The number of carboxylic acid groups (broad SMARTS) is 1. The number of carboxylic acids is 1. The van der Waals surface area contributed by atoms with Crippen molar-refractivity contribution in [2.24, 2.45) is 0 Å². The van der Waals surface area contributed by atoms with Crippen LogP contribution in [0.25, 0.3) is 0 Å². The molecule has 0 radical (unpaired) electrons. The van der Waals surface area contributed by atoms with E-state index in [0.717, 1.165) is 0 Å². The summed E-state index contributed by atoms with van der Waals surface area (Å²) in [5.41, 5.74) is 1.83. The number of rotatable bonds is 5. The van der Waals surface area contributed by atoms with Crippen LogP contribution in [-0.4, -0.2) is 35.1 Å². The van der Waals surface area contributed by atoms with Gasteiger partial charge in [0, 0.05) is 11.1 Å². The third kappa shape index (κ3) is 3.65. The Morgan fingerprint density at radius 3 is 2.03 bits per heavy atom. The highest BCUT2D eigenvalue weighted by molar-refractivity contribution is 5.95. The summed E-state index contributed by atoms with van der Waals surface area (Å²) in [5, 5.41) is 9.88. The fourth-order valence-corrected chi connectivity index (χ4v) is 3.72. The molecule has 0 bridgehead atoms. The Kier molecular flexibility index (Phi) is 5.50. The zero-order valence-corrected chi connectivity index (χ0v) is 16.3. The van der Waals surface area contributed by atoms with Gasteiger partial charge in [-0.15, -0.1) is 0 Å². The van der Waals surface area contributed by atoms with Crippen molar-refractivity contribution in [3.63, 3.8) is 0 Å². The van der Waals surface area contributed by atoms with Gasteiger partial charge < -0.3 is 14.6 Å². The molecular formula is C24H21NO5. The van der Waals surface area contributed by atoms with Crippen LogP contribution < -0.4 is 4.74 Å². The van der Waals surface area contributed by atoms with Crippen molar-refractivity contribution >= 4 is 11.9 Å². The van der Waals surface area contributed by atoms with Gasteiger partial charge in [0.2, 0.25) is 0 Å². The molecule has 3 atom stereocenters. The van der Waals surface area contributed by atoms with E-state index in [1.807, 2.05) is 36.4 Å². The Morgan fingerprint density at radius 2 is 1.47 bits per heavy atom. The Bertz CT molecular complexity index is 1020. The number of hydrogen-bond donors (Lipinski definition) is 1. The summed E-state index contributed by atoms with van der Waals surface area (Å²) in [5.74, 6) is -0.758. The topological polar surface area (TPSA) is 76.1 Å². The smallest absolute Gasteiger partial charge is 0.335 e. The van der Waals surface area contributed by atoms with E-state index >= 15 is 0 Å². The van der Waals surface area contributed by atoms with Gasteiger partial charge in [0.05, 0.1) is 13.2 Å². The molecule has 152 valence electrons. The Hall–Kier alpha value is -3.64. The lowest BCUT2D eigenvalue weighted by molar-refractivity contribution is -0.150. The summed E-state index contributed by atoms with van der Waals surface area (Å²) in [6.07, 6.45) is -2.05. The second-order valence-electron chi connectivity index (χ2n) is 6.95. The average Bonchev–Trinajstić information content (AvgIpc) is 3.21. The van der Waals surface area contributed by atoms with Crippen molar-refractivity contribution in [1.82, 2.24) is 4.90 Å². The van der Waals surface area contributed by atoms with Gasteiger partial charge in [-0.05, 0) is 29.8 Å². The van der Waals surface area contributed by atoms with E-state index in [1.54, 1.807) is 55.6 Å². The first-order valence-electron chi connectivity index (χ1n) is 9.55. The number of methoxy groups -OCH3 is 1. The first-order valence-corrected chi connectivity index (χ1v) is 9.55. The van der Waals surface area contributed by atoms with Crippen molar-refractivity contribution in [2.45, 2.75) is 18.4 Å². The molecule has 30 heavy (non-hydrogen) atoms. The standard InChI is InChI=1S/C24H21NO5/c1-29-19-14-12-18(13-15-19)23-25(22(26)17-10-6-3-7-11-17)20(21(30-23)24(27)28)16-8-4-2-5-9-16/h2-15,20-21,23H,1H3,(H,27,28)/t20?,21?,23-/m1/s1. The molecule has 1 aliphatic rings. The number of carbonyl (C=O) groups is 2. The number of ether oxygens (including phenoxy) is 2. The second-order valence-corrected chi connectivity index (χ2v) is 6.95. The predicted molar refractivity (Wildman–Crippen MR) is 110 cm³/mol. The minimum Gasteiger partial charge on any atom is -0.497 e. The molecule has 1 fully saturated rings. The van der Waals surface area contributed by atoms with Gasteiger partial charge in [0.25, 0.3) is 5.91 Å². The van der Waals surface area contributed by atoms with Crippen LogP contribution in [0.5, 0.6) is 5.75 Å². The van der Waals surface area contributed by atoms with Crippen LogP contribution in [0.1, 0.15) is 33.8 Å². The van der Waals surface area contributed by atoms with E-state index < -0.39 is 24.3 Å². The van der Waals surface area contributed by atoms with Gasteiger partial charge in [0.15, 0.2) is 12.3 Å². The van der Waals surface area contributed by atoms with E-state index in [2.05, 4.69) is 0 Å². The van der Waals surface area contributed by atoms with Crippen molar-refractivity contribution in [3.8, 4) is 5.75 Å². The second kappa shape index (κ2) is 8.39. The minimum atomic E-state index is -1.20. The summed E-state index contributed by atoms with van der Waals surface area (Å²) in [7, 11) is 1.57. The van der Waals surface area contributed by atoms with E-state index in [0.29, 0.717) is 22.4 Å². The number of aliphatic carboxylic acids is 1. The summed E-state index contributed by atoms with van der Waals surface area (Å²) in [6.45, 7) is 0. The first-order chi connectivity index (χ1) is 14.6. The highest BCUT2D eigenvalue weighted by atomic mass is 16.6. The molecule has 3 aromatic carbocycles. The Labute approximate surface area is 174 Å². The van der Waals surface area contributed by atoms with Gasteiger partial charge in [-0.3, -0.25) is 9.69 Å². The molecule has 4 rings (SSSR count). The molecule has 6 nitrogen and oxygen atoms in total. The lowest BCUT2D eigenvalue weighted by atomic mass is 9.99. The lowest BCUT2D eigenvalue weighted by Crippen LogP contribution is -2.36. The molecule has 0 aliphatic carbocycles. The van der Waals surface area contributed by atoms with E-state index in [4.69, 9.17) is 9.47 Å². The predicted octanol–water partition coefficient (Wildman–Crippen LogP) is 4.06. The molecule has 0 saturated carbocycles. The molecule has 6 heteroatoms. The maximum Gasteiger partial charge on any atom is 0.335 e. The van der Waals surface area contributed by atoms with E-state index in [-0.39, 0.29) is 5.91 Å². The molecule has 1 heterocycles. The van der Waals surface area contributed by atoms with Gasteiger partial charge in [-0.2, -0.15) is 0 Å². The quantitative estimate of drug-likeness (QED) is 0.695. The van der Waals surface area contributed by atoms with Crippen molar-refractivity contribution in [1.29, 1.82) is 0 Å². The van der Waals surface area contributed by atoms with Crippen LogP contribution in [0, 0.1) is 0 Å². The Morgan fingerprint density at radius 1 is 0.867 bits per heavy atom. The summed E-state index contributed by atoms with van der Waals surface area (Å²) in [4.78, 5) is 27.1. The van der Waals surface area contributed by atoms with Crippen molar-refractivity contribution in [3.05, 3.63) is 102 Å². The fourth-order valence-electron chi connectivity index (χ4n) is 3.72. The van der Waals surface area contributed by atoms with Gasteiger partial charge in [-0.1, -0.05) is 60.7 Å². The number of amides is 1. The van der Waals surface area contributed by atoms with Crippen LogP contribution >= 0.6 is 0 Å². The van der Waals surface area contributed by atoms with Crippen molar-refractivity contribution < 1.29 is 24.2 Å². The van der Waals surface area contributed by atoms with E-state index in [9.17, 15) is 14.7 Å². The molecule has 1 saturated heterocycles. The van der Waals surface area contributed by atoms with Crippen LogP contribution in [0.4, 0.5) is 0 Å². The number of hydrogen-bond acceptors (Lipinski definition) is 4. The summed E-state index contributed by atoms with van der Waals surface area (Å²) >= 11 is 0. The maximum absolute atomic E-state index is 13.5. The highest BCUT2D eigenvalue weighted by Crippen LogP contribution is 2.44. The average molecular weight is 403 g/mol. The van der Waals surface area contributed by atoms with Crippen molar-refractivity contribution in [2.75, 3.05) is 7.11 Å². The molecule has 2 unspecified atom stereocenters. The van der Waals surface area contributed by atoms with Gasteiger partial charge >= 0.3 is 5.97 Å². The molecule has 3 aromatic rings. The van der Waals surface area contributed by atoms with Crippen LogP contribution in [-0.2, 0) is 9.53 Å². The summed E-state index contributed by atoms with van der Waals surface area (Å²) in [6, 6.07) is 24.2. The molecule has 1 N–H and O–H groups in total. The van der Waals surface area contributed by atoms with Gasteiger partial charge in [0.1, 0.15) is 5.75 Å². The minimum absolute atomic E-state index is 0.297. The molecule has 0 spiro atoms. The van der Waals surface area contributed by atoms with Crippen LogP contribution in [0.2, 0.25) is 0 Å². The molecule has 0 aromatic heterocycles.